The summed E-state index contributed by atoms with van der Waals surface area (Å²) >= 11 is 0. The van der Waals surface area contributed by atoms with Gasteiger partial charge in [-0.3, -0.25) is 9.59 Å². The molecule has 1 aliphatic rings. The molecule has 5 heteroatoms. The Bertz CT molecular complexity index is 677. The lowest BCUT2D eigenvalue weighted by Crippen LogP contribution is -2.42. The van der Waals surface area contributed by atoms with E-state index in [0.29, 0.717) is 32.6 Å². The molecule has 0 bridgehead atoms. The maximum Gasteiger partial charge on any atom is 0.228 e. The van der Waals surface area contributed by atoms with Crippen LogP contribution in [0.25, 0.3) is 0 Å². The molecule has 0 aliphatic carbocycles. The molecule has 1 heterocycles. The molecule has 1 fully saturated rings. The highest BCUT2D eigenvalue weighted by Gasteiger charge is 2.29. The van der Waals surface area contributed by atoms with Gasteiger partial charge in [0.2, 0.25) is 11.8 Å². The van der Waals surface area contributed by atoms with Gasteiger partial charge in [-0.05, 0) is 37.5 Å². The summed E-state index contributed by atoms with van der Waals surface area (Å²) in [4.78, 5) is 29.1. The van der Waals surface area contributed by atoms with E-state index in [1.807, 2.05) is 56.6 Å². The molecule has 2 rings (SSSR count). The third kappa shape index (κ3) is 4.77. The molecule has 0 atom stereocenters. The summed E-state index contributed by atoms with van der Waals surface area (Å²) in [7, 11) is 1.64. The van der Waals surface area contributed by atoms with E-state index in [1.54, 1.807) is 7.11 Å². The molecule has 0 unspecified atom stereocenters. The van der Waals surface area contributed by atoms with Crippen molar-refractivity contribution in [1.82, 2.24) is 9.80 Å². The number of benzene rings is 1. The Kier molecular flexibility index (Phi) is 6.32. The molecule has 0 aromatic heterocycles. The molecule has 1 aromatic carbocycles. The van der Waals surface area contributed by atoms with Crippen molar-refractivity contribution in [3.8, 4) is 5.75 Å². The quantitative estimate of drug-likeness (QED) is 0.833. The third-order valence-corrected chi connectivity index (χ3v) is 5.02. The van der Waals surface area contributed by atoms with Crippen molar-refractivity contribution in [3.63, 3.8) is 0 Å². The molecular formula is C21H32N2O3. The van der Waals surface area contributed by atoms with Crippen LogP contribution in [0.1, 0.15) is 43.9 Å². The lowest BCUT2D eigenvalue weighted by atomic mass is 9.94. The van der Waals surface area contributed by atoms with Gasteiger partial charge in [0.25, 0.3) is 0 Å². The summed E-state index contributed by atoms with van der Waals surface area (Å²) < 4.78 is 5.46. The van der Waals surface area contributed by atoms with Gasteiger partial charge in [-0.15, -0.1) is 0 Å². The van der Waals surface area contributed by atoms with Crippen LogP contribution in [0.15, 0.2) is 12.1 Å². The highest BCUT2D eigenvalue weighted by molar-refractivity contribution is 5.82. The molecule has 0 radical (unpaired) electrons. The van der Waals surface area contributed by atoms with Crippen LogP contribution in [0.3, 0.4) is 0 Å². The monoisotopic (exact) mass is 360 g/mol. The molecule has 0 N–H and O–H groups in total. The van der Waals surface area contributed by atoms with Gasteiger partial charge in [0.1, 0.15) is 5.75 Å². The summed E-state index contributed by atoms with van der Waals surface area (Å²) in [6.07, 6.45) is 1.15. The predicted molar refractivity (Wildman–Crippen MR) is 103 cm³/mol. The Morgan fingerprint density at radius 2 is 1.58 bits per heavy atom. The number of hydrogen-bond acceptors (Lipinski definition) is 3. The first-order chi connectivity index (χ1) is 12.1. The largest absolute Gasteiger partial charge is 0.496 e. The first kappa shape index (κ1) is 20.3. The van der Waals surface area contributed by atoms with E-state index in [4.69, 9.17) is 4.74 Å². The molecule has 5 nitrogen and oxygen atoms in total. The van der Waals surface area contributed by atoms with E-state index >= 15 is 0 Å². The van der Waals surface area contributed by atoms with Gasteiger partial charge >= 0.3 is 0 Å². The number of amides is 2. The lowest BCUT2D eigenvalue weighted by Gasteiger charge is -2.28. The highest BCUT2D eigenvalue weighted by Crippen LogP contribution is 2.24. The zero-order valence-electron chi connectivity index (χ0n) is 17.0. The van der Waals surface area contributed by atoms with Crippen LogP contribution in [-0.4, -0.2) is 54.9 Å². The second-order valence-electron chi connectivity index (χ2n) is 8.20. The van der Waals surface area contributed by atoms with Crippen LogP contribution < -0.4 is 4.74 Å². The van der Waals surface area contributed by atoms with E-state index in [-0.39, 0.29) is 17.2 Å². The first-order valence-electron chi connectivity index (χ1n) is 9.34. The van der Waals surface area contributed by atoms with E-state index in [2.05, 4.69) is 0 Å². The topological polar surface area (TPSA) is 49.9 Å². The number of aryl methyl sites for hydroxylation is 2. The zero-order chi connectivity index (χ0) is 19.5. The van der Waals surface area contributed by atoms with Crippen molar-refractivity contribution in [3.05, 3.63) is 28.8 Å². The summed E-state index contributed by atoms with van der Waals surface area (Å²) in [5.74, 6) is 1.01. The summed E-state index contributed by atoms with van der Waals surface area (Å²) in [6.45, 7) is 12.5. The summed E-state index contributed by atoms with van der Waals surface area (Å²) in [5, 5.41) is 0. The first-order valence-corrected chi connectivity index (χ1v) is 9.34. The molecular weight excluding hydrogens is 328 g/mol. The Labute approximate surface area is 157 Å². The maximum absolute atomic E-state index is 12.8. The maximum atomic E-state index is 12.8. The minimum absolute atomic E-state index is 0.0941. The lowest BCUT2D eigenvalue weighted by molar-refractivity contribution is -0.139. The zero-order valence-corrected chi connectivity index (χ0v) is 17.0. The van der Waals surface area contributed by atoms with E-state index in [0.717, 1.165) is 28.9 Å². The molecule has 1 saturated heterocycles. The van der Waals surface area contributed by atoms with Crippen LogP contribution in [0, 0.1) is 19.3 Å². The summed E-state index contributed by atoms with van der Waals surface area (Å²) in [6, 6.07) is 4.03. The average Bonchev–Trinajstić information content (AvgIpc) is 2.82. The van der Waals surface area contributed by atoms with E-state index in [1.165, 1.54) is 0 Å². The van der Waals surface area contributed by atoms with Crippen molar-refractivity contribution in [2.75, 3.05) is 33.3 Å². The number of methoxy groups -OCH3 is 1. The van der Waals surface area contributed by atoms with Gasteiger partial charge in [0.15, 0.2) is 0 Å². The van der Waals surface area contributed by atoms with Crippen molar-refractivity contribution < 1.29 is 14.3 Å². The fourth-order valence-electron chi connectivity index (χ4n) is 3.30. The van der Waals surface area contributed by atoms with Crippen LogP contribution in [0.5, 0.6) is 5.75 Å². The molecule has 144 valence electrons. The standard InChI is InChI=1S/C21H32N2O3/c1-15-12-17(18(26-6)13-16(15)2)14-19(24)22-8-7-9-23(11-10-22)20(25)21(3,4)5/h12-13H,7-11,14H2,1-6H3. The Balaban J connectivity index is 2.05. The molecule has 1 aliphatic heterocycles. The van der Waals surface area contributed by atoms with Gasteiger partial charge in [-0.1, -0.05) is 26.8 Å². The van der Waals surface area contributed by atoms with Gasteiger partial charge < -0.3 is 14.5 Å². The van der Waals surface area contributed by atoms with Gasteiger partial charge in [-0.25, -0.2) is 0 Å². The fraction of sp³-hybridized carbons (Fsp3) is 0.619. The van der Waals surface area contributed by atoms with E-state index in [9.17, 15) is 9.59 Å². The third-order valence-electron chi connectivity index (χ3n) is 5.02. The SMILES string of the molecule is COc1cc(C)c(C)cc1CC(=O)N1CCCN(C(=O)C(C)(C)C)CC1. The average molecular weight is 360 g/mol. The molecule has 2 amide bonds. The van der Waals surface area contributed by atoms with Crippen molar-refractivity contribution in [1.29, 1.82) is 0 Å². The Hall–Kier alpha value is -2.04. The molecule has 26 heavy (non-hydrogen) atoms. The predicted octanol–water partition coefficient (Wildman–Crippen LogP) is 2.96. The van der Waals surface area contributed by atoms with Crippen LogP contribution in [0.2, 0.25) is 0 Å². The van der Waals surface area contributed by atoms with Crippen molar-refractivity contribution in [2.45, 2.75) is 47.5 Å². The normalized spacial score (nSPS) is 15.6. The number of rotatable bonds is 3. The van der Waals surface area contributed by atoms with Crippen molar-refractivity contribution >= 4 is 11.8 Å². The summed E-state index contributed by atoms with van der Waals surface area (Å²) in [5.41, 5.74) is 2.86. The Morgan fingerprint density at radius 3 is 2.19 bits per heavy atom. The van der Waals surface area contributed by atoms with Gasteiger partial charge in [0.05, 0.1) is 13.5 Å². The number of ether oxygens (including phenoxy) is 1. The number of carbonyl (C=O) groups is 2. The van der Waals surface area contributed by atoms with Gasteiger partial charge in [-0.2, -0.15) is 0 Å². The second-order valence-corrected chi connectivity index (χ2v) is 8.20. The number of nitrogens with zero attached hydrogens (tertiary/aromatic N) is 2. The second kappa shape index (κ2) is 8.11. The Morgan fingerprint density at radius 1 is 1.00 bits per heavy atom. The van der Waals surface area contributed by atoms with Crippen molar-refractivity contribution in [2.24, 2.45) is 5.41 Å². The minimum atomic E-state index is -0.383. The van der Waals surface area contributed by atoms with Gasteiger partial charge in [0, 0.05) is 37.2 Å². The minimum Gasteiger partial charge on any atom is -0.496 e. The smallest absolute Gasteiger partial charge is 0.228 e. The number of hydrogen-bond donors (Lipinski definition) is 0. The van der Waals surface area contributed by atoms with Crippen LogP contribution in [0.4, 0.5) is 0 Å². The van der Waals surface area contributed by atoms with E-state index < -0.39 is 0 Å². The molecule has 1 aromatic rings. The van der Waals surface area contributed by atoms with Crippen LogP contribution in [-0.2, 0) is 16.0 Å². The number of carbonyl (C=O) groups excluding carboxylic acids is 2. The fourth-order valence-corrected chi connectivity index (χ4v) is 3.30. The molecule has 0 spiro atoms. The highest BCUT2D eigenvalue weighted by atomic mass is 16.5. The molecule has 0 saturated carbocycles. The van der Waals surface area contributed by atoms with Crippen LogP contribution >= 0.6 is 0 Å².